The molecule has 0 N–H and O–H groups in total. The molecule has 0 aliphatic rings. The maximum absolute atomic E-state index is 10.7. The van der Waals surface area contributed by atoms with E-state index < -0.39 is 0 Å². The third kappa shape index (κ3) is 1.54. The third-order valence-electron chi connectivity index (χ3n) is 2.59. The van der Waals surface area contributed by atoms with Crippen LogP contribution in [0.4, 0.5) is 0 Å². The quantitative estimate of drug-likeness (QED) is 0.701. The first-order valence-corrected chi connectivity index (χ1v) is 5.05. The highest BCUT2D eigenvalue weighted by Crippen LogP contribution is 2.25. The first-order valence-electron chi connectivity index (χ1n) is 5.05. The Hall–Kier alpha value is -1.64. The summed E-state index contributed by atoms with van der Waals surface area (Å²) < 4.78 is 1.89. The van der Waals surface area contributed by atoms with Crippen LogP contribution in [-0.4, -0.2) is 16.1 Å². The fourth-order valence-corrected chi connectivity index (χ4v) is 1.99. The fraction of sp³-hybridized carbons (Fsp3) is 0.333. The van der Waals surface area contributed by atoms with Crippen LogP contribution in [-0.2, 0) is 7.05 Å². The maximum atomic E-state index is 10.7. The van der Waals surface area contributed by atoms with E-state index >= 15 is 0 Å². The topological polar surface area (TPSA) is 34.9 Å². The van der Waals surface area contributed by atoms with Crippen molar-refractivity contribution in [2.45, 2.75) is 19.8 Å². The minimum absolute atomic E-state index is 0.405. The van der Waals surface area contributed by atoms with E-state index in [-0.39, 0.29) is 0 Å². The molecule has 0 saturated heterocycles. The van der Waals surface area contributed by atoms with E-state index in [0.717, 1.165) is 17.2 Å². The highest BCUT2D eigenvalue weighted by Gasteiger charge is 2.12. The number of benzene rings is 1. The Bertz CT molecular complexity index is 512. The van der Waals surface area contributed by atoms with Gasteiger partial charge in [0.25, 0.3) is 0 Å². The summed E-state index contributed by atoms with van der Waals surface area (Å²) in [5.74, 6) is 0.405. The van der Waals surface area contributed by atoms with E-state index in [1.54, 1.807) is 6.07 Å². The second-order valence-corrected chi connectivity index (χ2v) is 4.06. The summed E-state index contributed by atoms with van der Waals surface area (Å²) >= 11 is 0. The van der Waals surface area contributed by atoms with Crippen molar-refractivity contribution in [3.63, 3.8) is 0 Å². The predicted octanol–water partition coefficient (Wildman–Crippen LogP) is 2.51. The summed E-state index contributed by atoms with van der Waals surface area (Å²) in [5.41, 5.74) is 2.83. The number of rotatable bonds is 2. The molecule has 3 heteroatoms. The molecule has 2 rings (SSSR count). The maximum Gasteiger partial charge on any atom is 0.150 e. The molecule has 0 aliphatic carbocycles. The Morgan fingerprint density at radius 2 is 2.13 bits per heavy atom. The van der Waals surface area contributed by atoms with Crippen molar-refractivity contribution in [1.82, 2.24) is 9.78 Å². The lowest BCUT2D eigenvalue weighted by Crippen LogP contribution is -1.99. The van der Waals surface area contributed by atoms with Crippen LogP contribution in [0.5, 0.6) is 0 Å². The largest absolute Gasteiger partial charge is 0.298 e. The van der Waals surface area contributed by atoms with Gasteiger partial charge in [-0.2, -0.15) is 5.10 Å². The van der Waals surface area contributed by atoms with Crippen molar-refractivity contribution < 1.29 is 4.79 Å². The fourth-order valence-electron chi connectivity index (χ4n) is 1.99. The number of hydrogen-bond donors (Lipinski definition) is 0. The van der Waals surface area contributed by atoms with Gasteiger partial charge in [-0.3, -0.25) is 9.48 Å². The molecule has 0 aliphatic heterocycles. The summed E-state index contributed by atoms with van der Waals surface area (Å²) in [7, 11) is 1.94. The number of fused-ring (bicyclic) bond motifs is 1. The van der Waals surface area contributed by atoms with Gasteiger partial charge in [0.1, 0.15) is 6.29 Å². The molecule has 3 nitrogen and oxygen atoms in total. The lowest BCUT2D eigenvalue weighted by Gasteiger charge is -2.05. The van der Waals surface area contributed by atoms with Gasteiger partial charge in [0, 0.05) is 23.7 Å². The van der Waals surface area contributed by atoms with Crippen molar-refractivity contribution in [2.24, 2.45) is 7.05 Å². The summed E-state index contributed by atoms with van der Waals surface area (Å²) in [4.78, 5) is 10.7. The molecule has 0 spiro atoms. The van der Waals surface area contributed by atoms with Crippen LogP contribution in [0, 0.1) is 0 Å². The smallest absolute Gasteiger partial charge is 0.150 e. The van der Waals surface area contributed by atoms with Crippen LogP contribution in [0.25, 0.3) is 10.9 Å². The lowest BCUT2D eigenvalue weighted by atomic mass is 10.0. The molecule has 0 atom stereocenters. The van der Waals surface area contributed by atoms with E-state index in [4.69, 9.17) is 0 Å². The minimum Gasteiger partial charge on any atom is -0.298 e. The summed E-state index contributed by atoms with van der Waals surface area (Å²) in [6.07, 6.45) is 0.872. The molecule has 0 saturated carbocycles. The Morgan fingerprint density at radius 3 is 2.73 bits per heavy atom. The van der Waals surface area contributed by atoms with Gasteiger partial charge in [-0.25, -0.2) is 0 Å². The number of hydrogen-bond acceptors (Lipinski definition) is 2. The molecule has 0 bridgehead atoms. The summed E-state index contributed by atoms with van der Waals surface area (Å²) in [6.45, 7) is 4.26. The van der Waals surface area contributed by atoms with Gasteiger partial charge < -0.3 is 0 Å². The minimum atomic E-state index is 0.405. The second-order valence-electron chi connectivity index (χ2n) is 4.06. The molecule has 78 valence electrons. The number of carbonyl (C=O) groups is 1. The molecular formula is C12H14N2O. The Kier molecular flexibility index (Phi) is 2.31. The molecule has 0 amide bonds. The zero-order valence-electron chi connectivity index (χ0n) is 9.19. The monoisotopic (exact) mass is 202 g/mol. The SMILES string of the molecule is CC(C)c1c2cc(C=O)ccc2nn1C. The average Bonchev–Trinajstić information content (AvgIpc) is 2.52. The zero-order valence-corrected chi connectivity index (χ0v) is 9.19. The van der Waals surface area contributed by atoms with Crippen LogP contribution < -0.4 is 0 Å². The second kappa shape index (κ2) is 3.50. The van der Waals surface area contributed by atoms with Gasteiger partial charge in [0.05, 0.1) is 5.52 Å². The van der Waals surface area contributed by atoms with Crippen LogP contribution in [0.15, 0.2) is 18.2 Å². The van der Waals surface area contributed by atoms with Crippen LogP contribution in [0.3, 0.4) is 0 Å². The number of aldehydes is 1. The highest BCUT2D eigenvalue weighted by molar-refractivity contribution is 5.88. The van der Waals surface area contributed by atoms with Crippen molar-refractivity contribution in [3.05, 3.63) is 29.5 Å². The number of nitrogens with zero attached hydrogens (tertiary/aromatic N) is 2. The number of aryl methyl sites for hydroxylation is 1. The van der Waals surface area contributed by atoms with E-state index in [2.05, 4.69) is 18.9 Å². The molecule has 2 aromatic rings. The predicted molar refractivity (Wildman–Crippen MR) is 60.2 cm³/mol. The molecule has 1 heterocycles. The van der Waals surface area contributed by atoms with Gasteiger partial charge in [-0.1, -0.05) is 13.8 Å². The molecule has 0 radical (unpaired) electrons. The molecular weight excluding hydrogens is 188 g/mol. The molecule has 0 fully saturated rings. The molecule has 1 aromatic heterocycles. The van der Waals surface area contributed by atoms with Gasteiger partial charge in [0.2, 0.25) is 0 Å². The van der Waals surface area contributed by atoms with Gasteiger partial charge in [-0.05, 0) is 24.1 Å². The van der Waals surface area contributed by atoms with Crippen LogP contribution in [0.2, 0.25) is 0 Å². The van der Waals surface area contributed by atoms with Crippen LogP contribution in [0.1, 0.15) is 35.8 Å². The zero-order chi connectivity index (χ0) is 11.0. The lowest BCUT2D eigenvalue weighted by molar-refractivity contribution is 0.112. The van der Waals surface area contributed by atoms with Crippen molar-refractivity contribution >= 4 is 17.2 Å². The first kappa shape index (κ1) is 9.90. The summed E-state index contributed by atoms with van der Waals surface area (Å²) in [5, 5.41) is 5.49. The van der Waals surface area contributed by atoms with E-state index in [9.17, 15) is 4.79 Å². The van der Waals surface area contributed by atoms with Crippen LogP contribution >= 0.6 is 0 Å². The third-order valence-corrected chi connectivity index (χ3v) is 2.59. The Balaban J connectivity index is 2.77. The average molecular weight is 202 g/mol. The number of carbonyl (C=O) groups excluding carboxylic acids is 1. The standard InChI is InChI=1S/C12H14N2O/c1-8(2)12-10-6-9(7-15)4-5-11(10)13-14(12)3/h4-8H,1-3H3. The van der Waals surface area contributed by atoms with Crippen molar-refractivity contribution in [1.29, 1.82) is 0 Å². The van der Waals surface area contributed by atoms with Gasteiger partial charge >= 0.3 is 0 Å². The molecule has 0 unspecified atom stereocenters. The van der Waals surface area contributed by atoms with E-state index in [0.29, 0.717) is 11.5 Å². The first-order chi connectivity index (χ1) is 7.13. The number of aromatic nitrogens is 2. The van der Waals surface area contributed by atoms with Crippen molar-refractivity contribution in [2.75, 3.05) is 0 Å². The van der Waals surface area contributed by atoms with Crippen molar-refractivity contribution in [3.8, 4) is 0 Å². The normalized spacial score (nSPS) is 11.2. The summed E-state index contributed by atoms with van der Waals surface area (Å²) in [6, 6.07) is 5.60. The van der Waals surface area contributed by atoms with Gasteiger partial charge in [0.15, 0.2) is 0 Å². The highest BCUT2D eigenvalue weighted by atomic mass is 16.1. The Labute approximate surface area is 88.7 Å². The van der Waals surface area contributed by atoms with E-state index in [1.807, 2.05) is 23.9 Å². The van der Waals surface area contributed by atoms with E-state index in [1.165, 1.54) is 5.69 Å². The Morgan fingerprint density at radius 1 is 1.40 bits per heavy atom. The van der Waals surface area contributed by atoms with Gasteiger partial charge in [-0.15, -0.1) is 0 Å². The molecule has 15 heavy (non-hydrogen) atoms. The molecule has 1 aromatic carbocycles.